The monoisotopic (exact) mass is 289 g/mol. The lowest BCUT2D eigenvalue weighted by Crippen LogP contribution is -2.43. The van der Waals surface area contributed by atoms with Crippen LogP contribution in [-0.2, 0) is 4.79 Å². The smallest absolute Gasteiger partial charge is 0.221 e. The fourth-order valence-electron chi connectivity index (χ4n) is 2.92. The van der Waals surface area contributed by atoms with Gasteiger partial charge >= 0.3 is 0 Å². The third-order valence-corrected chi connectivity index (χ3v) is 4.29. The van der Waals surface area contributed by atoms with E-state index >= 15 is 0 Å². The van der Waals surface area contributed by atoms with Crippen LogP contribution in [0.3, 0.4) is 0 Å². The molecule has 4 nitrogen and oxygen atoms in total. The molecule has 116 valence electrons. The van der Waals surface area contributed by atoms with Gasteiger partial charge in [0.2, 0.25) is 5.91 Å². The second-order valence-electron chi connectivity index (χ2n) is 6.07. The van der Waals surface area contributed by atoms with Crippen LogP contribution in [0.25, 0.3) is 0 Å². The quantitative estimate of drug-likeness (QED) is 0.876. The molecule has 1 aromatic carbocycles. The predicted molar refractivity (Wildman–Crippen MR) is 87.4 cm³/mol. The van der Waals surface area contributed by atoms with E-state index in [0.29, 0.717) is 6.04 Å². The van der Waals surface area contributed by atoms with Crippen LogP contribution in [0.15, 0.2) is 24.3 Å². The van der Waals surface area contributed by atoms with E-state index in [1.807, 2.05) is 18.2 Å². The molecule has 1 saturated heterocycles. The summed E-state index contributed by atoms with van der Waals surface area (Å²) < 4.78 is 0. The number of piperidine rings is 1. The first-order valence-corrected chi connectivity index (χ1v) is 7.87. The number of likely N-dealkylation sites (tertiary alicyclic amines) is 1. The highest BCUT2D eigenvalue weighted by atomic mass is 16.1. The standard InChI is InChI=1S/C17H27N3O/c1-13(18-12-17-9-4-5-10-20(17)3)15-7-6-8-16(11-15)19-14(2)21/h6-8,11,13,17-18H,4-5,9-10,12H2,1-3H3,(H,19,21). The van der Waals surface area contributed by atoms with Crippen LogP contribution in [0, 0.1) is 0 Å². The van der Waals surface area contributed by atoms with Gasteiger partial charge in [-0.15, -0.1) is 0 Å². The van der Waals surface area contributed by atoms with Crippen molar-refractivity contribution in [2.45, 2.75) is 45.2 Å². The zero-order valence-electron chi connectivity index (χ0n) is 13.4. The number of hydrogen-bond donors (Lipinski definition) is 2. The SMILES string of the molecule is CC(=O)Nc1cccc(C(C)NCC2CCCCN2C)c1. The molecule has 1 aliphatic heterocycles. The van der Waals surface area contributed by atoms with Crippen molar-refractivity contribution < 1.29 is 4.79 Å². The molecule has 2 N–H and O–H groups in total. The molecule has 0 spiro atoms. The number of carbonyl (C=O) groups is 1. The van der Waals surface area contributed by atoms with Crippen LogP contribution in [0.5, 0.6) is 0 Å². The molecule has 0 radical (unpaired) electrons. The van der Waals surface area contributed by atoms with Gasteiger partial charge < -0.3 is 15.5 Å². The third-order valence-electron chi connectivity index (χ3n) is 4.29. The maximum absolute atomic E-state index is 11.1. The normalized spacial score (nSPS) is 21.0. The Balaban J connectivity index is 1.90. The van der Waals surface area contributed by atoms with Gasteiger partial charge in [0, 0.05) is 31.2 Å². The van der Waals surface area contributed by atoms with Crippen LogP contribution in [0.1, 0.15) is 44.7 Å². The van der Waals surface area contributed by atoms with Crippen molar-refractivity contribution >= 4 is 11.6 Å². The summed E-state index contributed by atoms with van der Waals surface area (Å²) >= 11 is 0. The molecule has 1 aromatic rings. The largest absolute Gasteiger partial charge is 0.326 e. The molecule has 0 bridgehead atoms. The van der Waals surface area contributed by atoms with Crippen molar-refractivity contribution in [3.63, 3.8) is 0 Å². The van der Waals surface area contributed by atoms with Crippen molar-refractivity contribution in [3.05, 3.63) is 29.8 Å². The van der Waals surface area contributed by atoms with Crippen molar-refractivity contribution in [2.24, 2.45) is 0 Å². The van der Waals surface area contributed by atoms with Gasteiger partial charge in [0.1, 0.15) is 0 Å². The lowest BCUT2D eigenvalue weighted by atomic mass is 10.0. The molecule has 0 aliphatic carbocycles. The summed E-state index contributed by atoms with van der Waals surface area (Å²) in [6.07, 6.45) is 3.94. The predicted octanol–water partition coefficient (Wildman–Crippen LogP) is 2.78. The molecule has 0 saturated carbocycles. The molecule has 1 fully saturated rings. The van der Waals surface area contributed by atoms with Gasteiger partial charge in [-0.1, -0.05) is 18.6 Å². The fourth-order valence-corrected chi connectivity index (χ4v) is 2.92. The Morgan fingerprint density at radius 2 is 2.24 bits per heavy atom. The molecule has 4 heteroatoms. The van der Waals surface area contributed by atoms with Crippen molar-refractivity contribution in [1.29, 1.82) is 0 Å². The number of benzene rings is 1. The van der Waals surface area contributed by atoms with E-state index in [2.05, 4.69) is 35.6 Å². The summed E-state index contributed by atoms with van der Waals surface area (Å²) in [5.41, 5.74) is 2.07. The van der Waals surface area contributed by atoms with E-state index in [1.165, 1.54) is 38.3 Å². The first kappa shape index (κ1) is 16.0. The molecule has 21 heavy (non-hydrogen) atoms. The Labute approximate surface area is 127 Å². The Morgan fingerprint density at radius 3 is 2.95 bits per heavy atom. The summed E-state index contributed by atoms with van der Waals surface area (Å²) in [5, 5.41) is 6.46. The van der Waals surface area contributed by atoms with Crippen LogP contribution < -0.4 is 10.6 Å². The molecular formula is C17H27N3O. The number of amides is 1. The molecule has 2 rings (SSSR count). The Morgan fingerprint density at radius 1 is 1.43 bits per heavy atom. The Bertz CT molecular complexity index is 475. The topological polar surface area (TPSA) is 44.4 Å². The molecule has 1 amide bonds. The molecule has 2 atom stereocenters. The summed E-state index contributed by atoms with van der Waals surface area (Å²) in [4.78, 5) is 13.6. The van der Waals surface area contributed by atoms with Gasteiger partial charge in [0.25, 0.3) is 0 Å². The van der Waals surface area contributed by atoms with Crippen LogP contribution in [-0.4, -0.2) is 37.0 Å². The van der Waals surface area contributed by atoms with Gasteiger partial charge in [0.05, 0.1) is 0 Å². The second kappa shape index (κ2) is 7.57. The molecular weight excluding hydrogens is 262 g/mol. The van der Waals surface area contributed by atoms with Crippen molar-refractivity contribution in [2.75, 3.05) is 25.5 Å². The minimum absolute atomic E-state index is 0.0309. The van der Waals surface area contributed by atoms with Gasteiger partial charge in [-0.05, 0) is 51.1 Å². The average Bonchev–Trinajstić information content (AvgIpc) is 2.45. The van der Waals surface area contributed by atoms with E-state index in [4.69, 9.17) is 0 Å². The van der Waals surface area contributed by atoms with E-state index in [-0.39, 0.29) is 11.9 Å². The number of nitrogens with one attached hydrogen (secondary N) is 2. The van der Waals surface area contributed by atoms with Crippen LogP contribution >= 0.6 is 0 Å². The molecule has 1 heterocycles. The molecule has 2 unspecified atom stereocenters. The first-order valence-electron chi connectivity index (χ1n) is 7.87. The first-order chi connectivity index (χ1) is 10.1. The third kappa shape index (κ3) is 4.83. The van der Waals surface area contributed by atoms with Crippen LogP contribution in [0.2, 0.25) is 0 Å². The number of carbonyl (C=O) groups excluding carboxylic acids is 1. The highest BCUT2D eigenvalue weighted by Gasteiger charge is 2.19. The molecule has 1 aliphatic rings. The summed E-state index contributed by atoms with van der Waals surface area (Å²) in [6, 6.07) is 8.99. The van der Waals surface area contributed by atoms with Crippen LogP contribution in [0.4, 0.5) is 5.69 Å². The molecule has 0 aromatic heterocycles. The van der Waals surface area contributed by atoms with Crippen molar-refractivity contribution in [1.82, 2.24) is 10.2 Å². The van der Waals surface area contributed by atoms with Crippen molar-refractivity contribution in [3.8, 4) is 0 Å². The number of likely N-dealkylation sites (N-methyl/N-ethyl adjacent to an activating group) is 1. The Hall–Kier alpha value is -1.39. The van der Waals surface area contributed by atoms with Gasteiger partial charge in [0.15, 0.2) is 0 Å². The highest BCUT2D eigenvalue weighted by Crippen LogP contribution is 2.19. The minimum atomic E-state index is -0.0309. The van der Waals surface area contributed by atoms with E-state index in [0.717, 1.165) is 12.2 Å². The van der Waals surface area contributed by atoms with Gasteiger partial charge in [-0.3, -0.25) is 4.79 Å². The lowest BCUT2D eigenvalue weighted by Gasteiger charge is -2.33. The number of rotatable bonds is 5. The highest BCUT2D eigenvalue weighted by molar-refractivity contribution is 5.88. The summed E-state index contributed by atoms with van der Waals surface area (Å²) in [7, 11) is 2.22. The Kier molecular flexibility index (Phi) is 5.76. The zero-order chi connectivity index (χ0) is 15.2. The van der Waals surface area contributed by atoms with E-state index < -0.39 is 0 Å². The number of nitrogens with zero attached hydrogens (tertiary/aromatic N) is 1. The van der Waals surface area contributed by atoms with E-state index in [9.17, 15) is 4.79 Å². The number of anilines is 1. The number of hydrogen-bond acceptors (Lipinski definition) is 3. The lowest BCUT2D eigenvalue weighted by molar-refractivity contribution is -0.114. The van der Waals surface area contributed by atoms with E-state index in [1.54, 1.807) is 0 Å². The fraction of sp³-hybridized carbons (Fsp3) is 0.588. The minimum Gasteiger partial charge on any atom is -0.326 e. The van der Waals surface area contributed by atoms with Gasteiger partial charge in [-0.2, -0.15) is 0 Å². The average molecular weight is 289 g/mol. The zero-order valence-corrected chi connectivity index (χ0v) is 13.4. The second-order valence-corrected chi connectivity index (χ2v) is 6.07. The maximum atomic E-state index is 11.1. The maximum Gasteiger partial charge on any atom is 0.221 e. The summed E-state index contributed by atoms with van der Waals surface area (Å²) in [6.45, 7) is 5.93. The van der Waals surface area contributed by atoms with Gasteiger partial charge in [-0.25, -0.2) is 0 Å². The summed E-state index contributed by atoms with van der Waals surface area (Å²) in [5.74, 6) is -0.0309.